The van der Waals surface area contributed by atoms with Crippen LogP contribution in [-0.2, 0) is 65.4 Å². The molecule has 0 heterocycles. The lowest BCUT2D eigenvalue weighted by atomic mass is 10.00. The summed E-state index contributed by atoms with van der Waals surface area (Å²) in [7, 11) is -9.90. The molecule has 3 N–H and O–H groups in total. The normalized spacial score (nSPS) is 14.6. The van der Waals surface area contributed by atoms with E-state index < -0.39 is 97.5 Å². The maximum Gasteiger partial charge on any atom is 0.472 e. The SMILES string of the molecule is CCC(C)CCCCCCCCC(=O)OC[C@H](COP(=O)(O)OC[C@H](O)COP(=O)(O)OC[C@@H](COC(=O)CCCCCCCCCCCCCC(C)C)OC(=O)CCCCCCCCCCCCCCCCC(C)C)OC(=O)CCCCCCCCC(C)C. The molecule has 0 rings (SSSR count). The Kier molecular flexibility index (Phi) is 59.4. The van der Waals surface area contributed by atoms with Crippen LogP contribution in [0.4, 0.5) is 0 Å². The molecule has 0 aromatic rings. The molecule has 0 saturated heterocycles. The lowest BCUT2D eigenvalue weighted by Gasteiger charge is -2.21. The van der Waals surface area contributed by atoms with Crippen LogP contribution in [0, 0.1) is 23.7 Å². The van der Waals surface area contributed by atoms with E-state index in [-0.39, 0.29) is 25.7 Å². The third-order valence-electron chi connectivity index (χ3n) is 16.7. The maximum absolute atomic E-state index is 13.0. The van der Waals surface area contributed by atoms with E-state index in [1.54, 1.807) is 0 Å². The monoisotopic (exact) mass is 1320 g/mol. The Morgan fingerprint density at radius 2 is 0.533 bits per heavy atom. The second kappa shape index (κ2) is 60.7. The summed E-state index contributed by atoms with van der Waals surface area (Å²) in [4.78, 5) is 72.5. The highest BCUT2D eigenvalue weighted by Crippen LogP contribution is 2.45. The quantitative estimate of drug-likeness (QED) is 0.0222. The number of hydrogen-bond acceptors (Lipinski definition) is 15. The zero-order valence-electron chi connectivity index (χ0n) is 58.8. The Labute approximate surface area is 549 Å². The van der Waals surface area contributed by atoms with Gasteiger partial charge in [0.05, 0.1) is 26.4 Å². The molecule has 0 aliphatic rings. The molecule has 0 saturated carbocycles. The number of carbonyl (C=O) groups is 4. The number of aliphatic hydroxyl groups excluding tert-OH is 1. The van der Waals surface area contributed by atoms with Gasteiger partial charge in [-0.2, -0.15) is 0 Å². The molecule has 0 aromatic heterocycles. The molecule has 6 atom stereocenters. The van der Waals surface area contributed by atoms with Gasteiger partial charge in [0.2, 0.25) is 0 Å². The molecule has 0 radical (unpaired) electrons. The van der Waals surface area contributed by atoms with E-state index in [0.29, 0.717) is 31.6 Å². The predicted molar refractivity (Wildman–Crippen MR) is 363 cm³/mol. The second-order valence-corrected chi connectivity index (χ2v) is 30.2. The Morgan fingerprint density at radius 3 is 0.789 bits per heavy atom. The van der Waals surface area contributed by atoms with Gasteiger partial charge in [0, 0.05) is 25.7 Å². The number of carbonyl (C=O) groups excluding carboxylic acids is 4. The Hall–Kier alpha value is -1.94. The van der Waals surface area contributed by atoms with E-state index in [1.807, 2.05) is 0 Å². The molecule has 0 amide bonds. The van der Waals surface area contributed by atoms with Gasteiger partial charge in [-0.25, -0.2) is 9.13 Å². The van der Waals surface area contributed by atoms with Crippen molar-refractivity contribution < 1.29 is 80.2 Å². The van der Waals surface area contributed by atoms with E-state index in [0.717, 1.165) is 114 Å². The van der Waals surface area contributed by atoms with Crippen LogP contribution in [0.15, 0.2) is 0 Å². The standard InChI is InChI=1S/C71H138O17P2/c1-9-64(8)50-42-34-28-30-36-44-52-69(74)82-58-67(88-71(76)54-46-38-29-27-33-41-49-63(6)7)60-86-90(79,80)84-56-65(72)55-83-89(77,78)85-59-66(57-81-68(73)51-43-35-25-21-18-14-16-20-24-32-40-48-62(4)5)87-70(75)53-45-37-26-22-17-13-11-10-12-15-19-23-31-39-47-61(2)3/h61-67,72H,9-60H2,1-8H3,(H,77,78)(H,79,80)/t64?,65-,66-,67-/m1/s1. The average Bonchev–Trinajstić information content (AvgIpc) is 3.70. The van der Waals surface area contributed by atoms with E-state index >= 15 is 0 Å². The minimum absolute atomic E-state index is 0.101. The summed E-state index contributed by atoms with van der Waals surface area (Å²) >= 11 is 0. The lowest BCUT2D eigenvalue weighted by molar-refractivity contribution is -0.161. The van der Waals surface area contributed by atoms with Crippen LogP contribution in [0.1, 0.15) is 351 Å². The summed E-state index contributed by atoms with van der Waals surface area (Å²) in [6.45, 7) is 14.0. The molecule has 19 heteroatoms. The zero-order valence-corrected chi connectivity index (χ0v) is 60.6. The van der Waals surface area contributed by atoms with Gasteiger partial charge >= 0.3 is 39.5 Å². The second-order valence-electron chi connectivity index (χ2n) is 27.3. The zero-order chi connectivity index (χ0) is 66.8. The van der Waals surface area contributed by atoms with Crippen molar-refractivity contribution in [3.8, 4) is 0 Å². The smallest absolute Gasteiger partial charge is 0.462 e. The van der Waals surface area contributed by atoms with E-state index in [2.05, 4.69) is 55.4 Å². The van der Waals surface area contributed by atoms with Crippen molar-refractivity contribution in [3.63, 3.8) is 0 Å². The van der Waals surface area contributed by atoms with Gasteiger partial charge in [0.1, 0.15) is 19.3 Å². The van der Waals surface area contributed by atoms with Gasteiger partial charge < -0.3 is 33.8 Å². The summed E-state index contributed by atoms with van der Waals surface area (Å²) in [5.41, 5.74) is 0. The summed E-state index contributed by atoms with van der Waals surface area (Å²) < 4.78 is 68.3. The maximum atomic E-state index is 13.0. The van der Waals surface area contributed by atoms with Gasteiger partial charge in [-0.3, -0.25) is 37.3 Å². The molecule has 0 fully saturated rings. The fourth-order valence-corrected chi connectivity index (χ4v) is 12.2. The van der Waals surface area contributed by atoms with E-state index in [4.69, 9.17) is 37.0 Å². The Bertz CT molecular complexity index is 1780. The topological polar surface area (TPSA) is 237 Å². The van der Waals surface area contributed by atoms with Crippen LogP contribution < -0.4 is 0 Å². The van der Waals surface area contributed by atoms with Crippen molar-refractivity contribution in [1.82, 2.24) is 0 Å². The first kappa shape index (κ1) is 88.1. The van der Waals surface area contributed by atoms with Gasteiger partial charge in [0.15, 0.2) is 12.2 Å². The van der Waals surface area contributed by atoms with Gasteiger partial charge in [-0.1, -0.05) is 299 Å². The fourth-order valence-electron chi connectivity index (χ4n) is 10.6. The van der Waals surface area contributed by atoms with E-state index in [9.17, 15) is 43.2 Å². The minimum atomic E-state index is -4.95. The highest BCUT2D eigenvalue weighted by atomic mass is 31.2. The van der Waals surface area contributed by atoms with Crippen molar-refractivity contribution in [1.29, 1.82) is 0 Å². The first-order valence-corrected chi connectivity index (χ1v) is 39.7. The summed E-state index contributed by atoms with van der Waals surface area (Å²) in [6.07, 6.45) is 43.3. The number of ether oxygens (including phenoxy) is 4. The van der Waals surface area contributed by atoms with Gasteiger partial charge in [-0.15, -0.1) is 0 Å². The minimum Gasteiger partial charge on any atom is -0.462 e. The van der Waals surface area contributed by atoms with Crippen LogP contribution in [-0.4, -0.2) is 96.7 Å². The van der Waals surface area contributed by atoms with Crippen molar-refractivity contribution >= 4 is 39.5 Å². The molecule has 0 aliphatic heterocycles. The summed E-state index contributed by atoms with van der Waals surface area (Å²) in [6, 6.07) is 0. The fraction of sp³-hybridized carbons (Fsp3) is 0.944. The van der Waals surface area contributed by atoms with Crippen LogP contribution in [0.5, 0.6) is 0 Å². The van der Waals surface area contributed by atoms with Crippen LogP contribution in [0.2, 0.25) is 0 Å². The number of esters is 4. The molecule has 90 heavy (non-hydrogen) atoms. The molecule has 0 aliphatic carbocycles. The number of aliphatic hydroxyl groups is 1. The molecule has 0 bridgehead atoms. The van der Waals surface area contributed by atoms with Crippen molar-refractivity contribution in [2.24, 2.45) is 23.7 Å². The third kappa shape index (κ3) is 63.5. The number of phosphoric acid groups is 2. The van der Waals surface area contributed by atoms with Crippen molar-refractivity contribution in [2.45, 2.75) is 369 Å². The molecule has 0 aromatic carbocycles. The van der Waals surface area contributed by atoms with Crippen molar-refractivity contribution in [2.75, 3.05) is 39.6 Å². The molecule has 0 spiro atoms. The summed E-state index contributed by atoms with van der Waals surface area (Å²) in [5, 5.41) is 10.6. The number of phosphoric ester groups is 2. The Balaban J connectivity index is 5.23. The third-order valence-corrected chi connectivity index (χ3v) is 18.6. The van der Waals surface area contributed by atoms with Crippen LogP contribution in [0.3, 0.4) is 0 Å². The van der Waals surface area contributed by atoms with Crippen LogP contribution in [0.25, 0.3) is 0 Å². The van der Waals surface area contributed by atoms with Gasteiger partial charge in [-0.05, 0) is 49.4 Å². The number of unbranched alkanes of at least 4 members (excludes halogenated alkanes) is 33. The van der Waals surface area contributed by atoms with Crippen LogP contribution >= 0.6 is 15.6 Å². The van der Waals surface area contributed by atoms with Gasteiger partial charge in [0.25, 0.3) is 0 Å². The number of rotatable bonds is 68. The lowest BCUT2D eigenvalue weighted by Crippen LogP contribution is -2.30. The highest BCUT2D eigenvalue weighted by Gasteiger charge is 2.30. The average molecular weight is 1330 g/mol. The largest absolute Gasteiger partial charge is 0.472 e. The number of hydrogen-bond donors (Lipinski definition) is 3. The molecular formula is C71H138O17P2. The first-order valence-electron chi connectivity index (χ1n) is 36.7. The first-order chi connectivity index (χ1) is 43.1. The molecular weight excluding hydrogens is 1190 g/mol. The highest BCUT2D eigenvalue weighted by molar-refractivity contribution is 7.47. The van der Waals surface area contributed by atoms with Crippen molar-refractivity contribution in [3.05, 3.63) is 0 Å². The summed E-state index contributed by atoms with van der Waals surface area (Å²) in [5.74, 6) is 0.834. The predicted octanol–water partition coefficient (Wildman–Crippen LogP) is 20.1. The van der Waals surface area contributed by atoms with E-state index in [1.165, 1.54) is 148 Å². The molecule has 534 valence electrons. The molecule has 17 nitrogen and oxygen atoms in total. The Morgan fingerprint density at radius 1 is 0.311 bits per heavy atom. The molecule has 3 unspecified atom stereocenters.